The molecule has 0 amide bonds. The summed E-state index contributed by atoms with van der Waals surface area (Å²) in [6.45, 7) is 2.29. The van der Waals surface area contributed by atoms with E-state index in [1.807, 2.05) is 6.07 Å². The van der Waals surface area contributed by atoms with E-state index in [9.17, 15) is 0 Å². The van der Waals surface area contributed by atoms with Gasteiger partial charge in [0.25, 0.3) is 0 Å². The lowest BCUT2D eigenvalue weighted by molar-refractivity contribution is 0.289. The second kappa shape index (κ2) is 5.57. The smallest absolute Gasteiger partial charge is 0.118 e. The molecule has 3 nitrogen and oxygen atoms in total. The van der Waals surface area contributed by atoms with Gasteiger partial charge in [-0.05, 0) is 22.4 Å². The number of aliphatic hydroxyl groups is 1. The zero-order chi connectivity index (χ0) is 9.68. The predicted octanol–water partition coefficient (Wildman–Crippen LogP) is 2.10. The molecule has 0 aromatic carbocycles. The SMILES string of the molecule is CC(CCO)Sc1cc(Br)ncn1. The summed E-state index contributed by atoms with van der Waals surface area (Å²) in [6, 6.07) is 1.87. The molecular formula is C8H11BrN2OS. The van der Waals surface area contributed by atoms with Crippen molar-refractivity contribution in [2.45, 2.75) is 23.6 Å². The highest BCUT2D eigenvalue weighted by molar-refractivity contribution is 9.10. The number of aliphatic hydroxyl groups excluding tert-OH is 1. The number of halogens is 1. The topological polar surface area (TPSA) is 46.0 Å². The van der Waals surface area contributed by atoms with Crippen LogP contribution in [0, 0.1) is 0 Å². The van der Waals surface area contributed by atoms with Crippen molar-refractivity contribution in [3.63, 3.8) is 0 Å². The molecule has 1 unspecified atom stereocenters. The standard InChI is InChI=1S/C8H11BrN2OS/c1-6(2-3-12)13-8-4-7(9)10-5-11-8/h4-6,12H,2-3H2,1H3. The molecule has 0 fully saturated rings. The maximum absolute atomic E-state index is 8.71. The summed E-state index contributed by atoms with van der Waals surface area (Å²) in [5.41, 5.74) is 0. The molecule has 0 aliphatic rings. The molecular weight excluding hydrogens is 252 g/mol. The molecule has 1 heterocycles. The van der Waals surface area contributed by atoms with E-state index in [0.29, 0.717) is 5.25 Å². The summed E-state index contributed by atoms with van der Waals surface area (Å²) < 4.78 is 0.793. The van der Waals surface area contributed by atoms with Gasteiger partial charge in [-0.3, -0.25) is 0 Å². The van der Waals surface area contributed by atoms with Crippen molar-refractivity contribution in [1.82, 2.24) is 9.97 Å². The monoisotopic (exact) mass is 262 g/mol. The Labute approximate surface area is 90.1 Å². The van der Waals surface area contributed by atoms with Gasteiger partial charge in [0.2, 0.25) is 0 Å². The van der Waals surface area contributed by atoms with E-state index in [1.165, 1.54) is 6.33 Å². The first kappa shape index (κ1) is 10.9. The van der Waals surface area contributed by atoms with Crippen molar-refractivity contribution >= 4 is 27.7 Å². The Morgan fingerprint density at radius 3 is 3.00 bits per heavy atom. The van der Waals surface area contributed by atoms with Crippen LogP contribution in [0.15, 0.2) is 22.0 Å². The average Bonchev–Trinajstić information content (AvgIpc) is 2.04. The van der Waals surface area contributed by atoms with E-state index in [-0.39, 0.29) is 6.61 Å². The number of rotatable bonds is 4. The molecule has 0 radical (unpaired) electrons. The largest absolute Gasteiger partial charge is 0.396 e. The van der Waals surface area contributed by atoms with Crippen molar-refractivity contribution in [3.8, 4) is 0 Å². The molecule has 1 rings (SSSR count). The maximum Gasteiger partial charge on any atom is 0.118 e. The Morgan fingerprint density at radius 1 is 1.62 bits per heavy atom. The third kappa shape index (κ3) is 4.06. The van der Waals surface area contributed by atoms with E-state index in [2.05, 4.69) is 32.8 Å². The summed E-state index contributed by atoms with van der Waals surface area (Å²) in [6.07, 6.45) is 2.31. The summed E-state index contributed by atoms with van der Waals surface area (Å²) in [7, 11) is 0. The molecule has 0 saturated carbocycles. The Morgan fingerprint density at radius 2 is 2.38 bits per heavy atom. The fourth-order valence-corrected chi connectivity index (χ4v) is 2.21. The van der Waals surface area contributed by atoms with E-state index >= 15 is 0 Å². The number of hydrogen-bond acceptors (Lipinski definition) is 4. The van der Waals surface area contributed by atoms with Crippen LogP contribution in [0.1, 0.15) is 13.3 Å². The van der Waals surface area contributed by atoms with Gasteiger partial charge in [-0.25, -0.2) is 9.97 Å². The van der Waals surface area contributed by atoms with Crippen LogP contribution in [0.5, 0.6) is 0 Å². The van der Waals surface area contributed by atoms with Gasteiger partial charge < -0.3 is 5.11 Å². The summed E-state index contributed by atoms with van der Waals surface area (Å²) in [5, 5.41) is 10.0. The highest BCUT2D eigenvalue weighted by atomic mass is 79.9. The molecule has 1 atom stereocenters. The van der Waals surface area contributed by atoms with E-state index in [4.69, 9.17) is 5.11 Å². The molecule has 72 valence electrons. The van der Waals surface area contributed by atoms with E-state index in [0.717, 1.165) is 16.0 Å². The van der Waals surface area contributed by atoms with Crippen molar-refractivity contribution in [1.29, 1.82) is 0 Å². The zero-order valence-electron chi connectivity index (χ0n) is 7.27. The molecule has 1 aromatic rings. The van der Waals surface area contributed by atoms with Gasteiger partial charge in [0, 0.05) is 17.9 Å². The van der Waals surface area contributed by atoms with Crippen LogP contribution < -0.4 is 0 Å². The molecule has 13 heavy (non-hydrogen) atoms. The fraction of sp³-hybridized carbons (Fsp3) is 0.500. The summed E-state index contributed by atoms with van der Waals surface area (Å²) >= 11 is 4.92. The Kier molecular flexibility index (Phi) is 4.69. The minimum Gasteiger partial charge on any atom is -0.396 e. The van der Waals surface area contributed by atoms with Crippen molar-refractivity contribution in [2.24, 2.45) is 0 Å². The number of nitrogens with zero attached hydrogens (tertiary/aromatic N) is 2. The molecule has 0 saturated heterocycles. The first-order chi connectivity index (χ1) is 6.22. The van der Waals surface area contributed by atoms with E-state index < -0.39 is 0 Å². The normalized spacial score (nSPS) is 12.8. The lowest BCUT2D eigenvalue weighted by Gasteiger charge is -2.07. The quantitative estimate of drug-likeness (QED) is 0.667. The fourth-order valence-electron chi connectivity index (χ4n) is 0.829. The number of thioether (sulfide) groups is 1. The summed E-state index contributed by atoms with van der Waals surface area (Å²) in [4.78, 5) is 8.04. The van der Waals surface area contributed by atoms with Gasteiger partial charge >= 0.3 is 0 Å². The number of hydrogen-bond donors (Lipinski definition) is 1. The molecule has 0 aliphatic carbocycles. The lowest BCUT2D eigenvalue weighted by atomic mass is 10.3. The van der Waals surface area contributed by atoms with Crippen LogP contribution in [0.25, 0.3) is 0 Å². The van der Waals surface area contributed by atoms with Gasteiger partial charge in [0.05, 0.1) is 0 Å². The van der Waals surface area contributed by atoms with Crippen LogP contribution in [0.4, 0.5) is 0 Å². The highest BCUT2D eigenvalue weighted by Crippen LogP contribution is 2.23. The van der Waals surface area contributed by atoms with Crippen molar-refractivity contribution in [3.05, 3.63) is 17.0 Å². The van der Waals surface area contributed by atoms with Gasteiger partial charge in [-0.1, -0.05) is 6.92 Å². The summed E-state index contributed by atoms with van der Waals surface area (Å²) in [5.74, 6) is 0. The number of aromatic nitrogens is 2. The molecule has 0 aliphatic heterocycles. The Balaban J connectivity index is 2.53. The molecule has 0 bridgehead atoms. The van der Waals surface area contributed by atoms with Crippen LogP contribution in [-0.2, 0) is 0 Å². The van der Waals surface area contributed by atoms with Crippen molar-refractivity contribution < 1.29 is 5.11 Å². The second-order valence-corrected chi connectivity index (χ2v) is 4.89. The zero-order valence-corrected chi connectivity index (χ0v) is 9.68. The third-order valence-corrected chi connectivity index (χ3v) is 3.00. The Hall–Kier alpha value is -0.130. The second-order valence-electron chi connectivity index (χ2n) is 2.62. The Bertz CT molecular complexity index is 272. The molecule has 1 aromatic heterocycles. The highest BCUT2D eigenvalue weighted by Gasteiger charge is 2.04. The average molecular weight is 263 g/mol. The lowest BCUT2D eigenvalue weighted by Crippen LogP contribution is -1.99. The first-order valence-corrected chi connectivity index (χ1v) is 5.64. The predicted molar refractivity (Wildman–Crippen MR) is 56.8 cm³/mol. The molecule has 5 heteroatoms. The van der Waals surface area contributed by atoms with Crippen LogP contribution >= 0.6 is 27.7 Å². The van der Waals surface area contributed by atoms with Gasteiger partial charge in [-0.15, -0.1) is 11.8 Å². The van der Waals surface area contributed by atoms with Crippen LogP contribution in [0.3, 0.4) is 0 Å². The third-order valence-electron chi connectivity index (χ3n) is 1.47. The molecule has 0 spiro atoms. The van der Waals surface area contributed by atoms with E-state index in [1.54, 1.807) is 11.8 Å². The minimum atomic E-state index is 0.223. The first-order valence-electron chi connectivity index (χ1n) is 3.97. The van der Waals surface area contributed by atoms with Crippen molar-refractivity contribution in [2.75, 3.05) is 6.61 Å². The minimum absolute atomic E-state index is 0.223. The van der Waals surface area contributed by atoms with Gasteiger partial charge in [0.1, 0.15) is 16.0 Å². The van der Waals surface area contributed by atoms with Crippen LogP contribution in [0.2, 0.25) is 0 Å². The van der Waals surface area contributed by atoms with Crippen LogP contribution in [-0.4, -0.2) is 26.9 Å². The van der Waals surface area contributed by atoms with Gasteiger partial charge in [0.15, 0.2) is 0 Å². The van der Waals surface area contributed by atoms with Gasteiger partial charge in [-0.2, -0.15) is 0 Å². The molecule has 1 N–H and O–H groups in total. The maximum atomic E-state index is 8.71.